The molecular formula is C15H17F3N2O. The Hall–Kier alpha value is -1.56. The molecule has 1 aliphatic heterocycles. The maximum absolute atomic E-state index is 14.5. The van der Waals surface area contributed by atoms with Crippen LogP contribution >= 0.6 is 0 Å². The summed E-state index contributed by atoms with van der Waals surface area (Å²) < 4.78 is 42.0. The van der Waals surface area contributed by atoms with Gasteiger partial charge in [-0.05, 0) is 43.5 Å². The summed E-state index contributed by atoms with van der Waals surface area (Å²) in [6.07, 6.45) is 1.36. The average molecular weight is 298 g/mol. The number of nitrogens with two attached hydrogens (primary N) is 1. The molecule has 6 heteroatoms. The van der Waals surface area contributed by atoms with Crippen molar-refractivity contribution >= 4 is 11.6 Å². The first-order valence-electron chi connectivity index (χ1n) is 7.07. The minimum atomic E-state index is -3.11. The van der Waals surface area contributed by atoms with Crippen molar-refractivity contribution in [1.82, 2.24) is 0 Å². The van der Waals surface area contributed by atoms with E-state index < -0.39 is 29.6 Å². The number of anilines is 1. The molecule has 3 nitrogen and oxygen atoms in total. The normalized spacial score (nSPS) is 31.9. The third-order valence-electron chi connectivity index (χ3n) is 4.64. The maximum Gasteiger partial charge on any atom is 0.280 e. The van der Waals surface area contributed by atoms with Gasteiger partial charge in [0.2, 0.25) is 5.91 Å². The lowest BCUT2D eigenvalue weighted by atomic mass is 9.69. The van der Waals surface area contributed by atoms with Gasteiger partial charge in [-0.15, -0.1) is 0 Å². The Bertz CT molecular complexity index is 561. The third kappa shape index (κ3) is 2.12. The molecule has 2 aliphatic rings. The van der Waals surface area contributed by atoms with E-state index in [1.807, 2.05) is 0 Å². The highest BCUT2D eigenvalue weighted by Crippen LogP contribution is 2.54. The van der Waals surface area contributed by atoms with Crippen LogP contribution in [0.1, 0.15) is 25.7 Å². The van der Waals surface area contributed by atoms with Crippen molar-refractivity contribution in [2.75, 3.05) is 11.4 Å². The Morgan fingerprint density at radius 2 is 1.90 bits per heavy atom. The summed E-state index contributed by atoms with van der Waals surface area (Å²) in [5.74, 6) is -4.17. The fourth-order valence-corrected chi connectivity index (χ4v) is 3.51. The lowest BCUT2D eigenvalue weighted by molar-refractivity contribution is -0.149. The van der Waals surface area contributed by atoms with Crippen molar-refractivity contribution in [3.63, 3.8) is 0 Å². The highest BCUT2D eigenvalue weighted by molar-refractivity contribution is 6.01. The van der Waals surface area contributed by atoms with E-state index >= 15 is 0 Å². The lowest BCUT2D eigenvalue weighted by Gasteiger charge is -2.38. The number of amides is 1. The van der Waals surface area contributed by atoms with Crippen LogP contribution in [0.2, 0.25) is 0 Å². The summed E-state index contributed by atoms with van der Waals surface area (Å²) in [5.41, 5.74) is 4.43. The number of benzene rings is 1. The van der Waals surface area contributed by atoms with E-state index in [9.17, 15) is 18.0 Å². The molecule has 1 aliphatic carbocycles. The zero-order chi connectivity index (χ0) is 15.3. The van der Waals surface area contributed by atoms with E-state index in [0.29, 0.717) is 18.5 Å². The molecule has 0 aromatic heterocycles. The molecule has 0 bridgehead atoms. The Morgan fingerprint density at radius 3 is 2.52 bits per heavy atom. The van der Waals surface area contributed by atoms with Crippen LogP contribution in [0, 0.1) is 11.2 Å². The van der Waals surface area contributed by atoms with Gasteiger partial charge in [0.05, 0.1) is 6.54 Å². The van der Waals surface area contributed by atoms with Crippen LogP contribution in [-0.2, 0) is 4.79 Å². The first-order chi connectivity index (χ1) is 9.86. The molecule has 1 aromatic carbocycles. The minimum absolute atomic E-state index is 0.0104. The predicted octanol–water partition coefficient (Wildman–Crippen LogP) is 2.70. The first kappa shape index (κ1) is 14.4. The summed E-state index contributed by atoms with van der Waals surface area (Å²) in [4.78, 5) is 13.7. The molecule has 1 aromatic rings. The Labute approximate surface area is 120 Å². The van der Waals surface area contributed by atoms with Gasteiger partial charge in [0, 0.05) is 11.7 Å². The van der Waals surface area contributed by atoms with Gasteiger partial charge in [-0.3, -0.25) is 4.79 Å². The van der Waals surface area contributed by atoms with Crippen molar-refractivity contribution in [1.29, 1.82) is 0 Å². The van der Waals surface area contributed by atoms with Gasteiger partial charge in [0.15, 0.2) is 0 Å². The molecular weight excluding hydrogens is 281 g/mol. The molecule has 1 spiro atoms. The van der Waals surface area contributed by atoms with Crippen LogP contribution in [0.25, 0.3) is 0 Å². The molecule has 2 unspecified atom stereocenters. The zero-order valence-electron chi connectivity index (χ0n) is 11.5. The van der Waals surface area contributed by atoms with Crippen molar-refractivity contribution < 1.29 is 18.0 Å². The second-order valence-corrected chi connectivity index (χ2v) is 6.01. The van der Waals surface area contributed by atoms with Crippen LogP contribution in [0.5, 0.6) is 0 Å². The van der Waals surface area contributed by atoms with E-state index in [-0.39, 0.29) is 18.9 Å². The van der Waals surface area contributed by atoms with Gasteiger partial charge in [0.1, 0.15) is 11.2 Å². The maximum atomic E-state index is 14.5. The molecule has 2 N–H and O–H groups in total. The van der Waals surface area contributed by atoms with Crippen molar-refractivity contribution in [2.24, 2.45) is 11.1 Å². The predicted molar refractivity (Wildman–Crippen MR) is 72.6 cm³/mol. The highest BCUT2D eigenvalue weighted by atomic mass is 19.3. The second kappa shape index (κ2) is 4.73. The van der Waals surface area contributed by atoms with E-state index in [4.69, 9.17) is 5.73 Å². The molecule has 1 heterocycles. The quantitative estimate of drug-likeness (QED) is 0.866. The molecule has 3 rings (SSSR count). The van der Waals surface area contributed by atoms with Gasteiger partial charge < -0.3 is 10.6 Å². The second-order valence-electron chi connectivity index (χ2n) is 6.01. The number of alkyl halides is 2. The van der Waals surface area contributed by atoms with E-state index in [2.05, 4.69) is 0 Å². The van der Waals surface area contributed by atoms with Gasteiger partial charge in [-0.2, -0.15) is 0 Å². The largest absolute Gasteiger partial charge is 0.328 e. The van der Waals surface area contributed by atoms with Crippen molar-refractivity contribution in [2.45, 2.75) is 37.6 Å². The number of nitrogens with zero attached hydrogens (tertiary/aromatic N) is 1. The summed E-state index contributed by atoms with van der Waals surface area (Å²) >= 11 is 0. The number of rotatable bonds is 1. The van der Waals surface area contributed by atoms with Crippen LogP contribution in [0.3, 0.4) is 0 Å². The highest BCUT2D eigenvalue weighted by Gasteiger charge is 2.66. The van der Waals surface area contributed by atoms with Gasteiger partial charge >= 0.3 is 0 Å². The van der Waals surface area contributed by atoms with Crippen molar-refractivity contribution in [3.8, 4) is 0 Å². The standard InChI is InChI=1S/C15H17F3N2O/c16-10-3-5-12(6-4-10)20-9-15(17,18)14(13(20)21)7-1-2-11(19)8-14/h3-6,11H,1-2,7-9,19H2. The molecule has 1 saturated heterocycles. The number of hydrogen-bond donors (Lipinski definition) is 1. The van der Waals surface area contributed by atoms with E-state index in [1.54, 1.807) is 0 Å². The van der Waals surface area contributed by atoms with Gasteiger partial charge in [0.25, 0.3) is 5.92 Å². The molecule has 21 heavy (non-hydrogen) atoms. The van der Waals surface area contributed by atoms with Crippen molar-refractivity contribution in [3.05, 3.63) is 30.1 Å². The van der Waals surface area contributed by atoms with Crippen LogP contribution in [0.15, 0.2) is 24.3 Å². The first-order valence-corrected chi connectivity index (χ1v) is 7.07. The Kier molecular flexibility index (Phi) is 3.24. The molecule has 114 valence electrons. The molecule has 1 saturated carbocycles. The number of hydrogen-bond acceptors (Lipinski definition) is 2. The number of carbonyl (C=O) groups is 1. The fourth-order valence-electron chi connectivity index (χ4n) is 3.51. The fraction of sp³-hybridized carbons (Fsp3) is 0.533. The average Bonchev–Trinajstić information content (AvgIpc) is 2.61. The summed E-state index contributed by atoms with van der Waals surface area (Å²) in [5, 5.41) is 0. The summed E-state index contributed by atoms with van der Waals surface area (Å²) in [6, 6.07) is 4.66. The van der Waals surface area contributed by atoms with E-state index in [1.165, 1.54) is 24.3 Å². The third-order valence-corrected chi connectivity index (χ3v) is 4.64. The van der Waals surface area contributed by atoms with Crippen LogP contribution in [-0.4, -0.2) is 24.4 Å². The molecule has 1 amide bonds. The van der Waals surface area contributed by atoms with Gasteiger partial charge in [-0.1, -0.05) is 6.42 Å². The minimum Gasteiger partial charge on any atom is -0.328 e. The topological polar surface area (TPSA) is 46.3 Å². The summed E-state index contributed by atoms with van der Waals surface area (Å²) in [7, 11) is 0. The number of halogens is 3. The van der Waals surface area contributed by atoms with Crippen LogP contribution in [0.4, 0.5) is 18.9 Å². The van der Waals surface area contributed by atoms with Gasteiger partial charge in [-0.25, -0.2) is 13.2 Å². The Balaban J connectivity index is 1.97. The smallest absolute Gasteiger partial charge is 0.280 e. The molecule has 2 fully saturated rings. The van der Waals surface area contributed by atoms with E-state index in [0.717, 1.165) is 4.90 Å². The SMILES string of the molecule is NC1CCCC2(C1)C(=O)N(c1ccc(F)cc1)CC2(F)F. The Morgan fingerprint density at radius 1 is 1.24 bits per heavy atom. The molecule has 0 radical (unpaired) electrons. The molecule has 2 atom stereocenters. The lowest BCUT2D eigenvalue weighted by Crippen LogP contribution is -2.49. The summed E-state index contributed by atoms with van der Waals surface area (Å²) in [6.45, 7) is -0.663. The zero-order valence-corrected chi connectivity index (χ0v) is 11.5. The van der Waals surface area contributed by atoms with Crippen LogP contribution < -0.4 is 10.6 Å². The monoisotopic (exact) mass is 298 g/mol. The number of carbonyl (C=O) groups excluding carboxylic acids is 1.